The summed E-state index contributed by atoms with van der Waals surface area (Å²) in [7, 11) is 0. The molecule has 0 aromatic carbocycles. The summed E-state index contributed by atoms with van der Waals surface area (Å²) in [5.41, 5.74) is 0. The van der Waals surface area contributed by atoms with E-state index in [-0.39, 0.29) is 0 Å². The van der Waals surface area contributed by atoms with Gasteiger partial charge in [0, 0.05) is 12.3 Å². The second-order valence-electron chi connectivity index (χ2n) is 1.87. The van der Waals surface area contributed by atoms with Crippen LogP contribution in [0.15, 0.2) is 24.4 Å². The summed E-state index contributed by atoms with van der Waals surface area (Å²) in [6, 6.07) is 1.69. The first-order chi connectivity index (χ1) is 5.43. The molecule has 1 heterocycles. The molecule has 0 saturated carbocycles. The van der Waals surface area contributed by atoms with Crippen molar-refractivity contribution < 1.29 is 4.74 Å². The Labute approximate surface area is 65.8 Å². The van der Waals surface area contributed by atoms with Crippen LogP contribution in [0, 0.1) is 6.33 Å². The first-order valence-electron chi connectivity index (χ1n) is 3.36. The van der Waals surface area contributed by atoms with E-state index in [0.717, 1.165) is 0 Å². The van der Waals surface area contributed by atoms with Crippen LogP contribution in [0.25, 0.3) is 0 Å². The van der Waals surface area contributed by atoms with E-state index in [2.05, 4.69) is 16.3 Å². The van der Waals surface area contributed by atoms with Gasteiger partial charge in [0.2, 0.25) is 12.2 Å². The Morgan fingerprint density at radius 2 is 2.64 bits per heavy atom. The van der Waals surface area contributed by atoms with Crippen molar-refractivity contribution in [2.24, 2.45) is 0 Å². The molecule has 0 fully saturated rings. The minimum absolute atomic E-state index is 0.543. The Morgan fingerprint density at radius 1 is 1.73 bits per heavy atom. The molecule has 0 atom stereocenters. The van der Waals surface area contributed by atoms with Crippen LogP contribution in [-0.4, -0.2) is 16.6 Å². The maximum absolute atomic E-state index is 5.18. The number of aromatic nitrogens is 2. The highest BCUT2D eigenvalue weighted by Crippen LogP contribution is 2.00. The molecule has 0 amide bonds. The van der Waals surface area contributed by atoms with Gasteiger partial charge in [-0.25, -0.2) is 4.98 Å². The molecule has 11 heavy (non-hydrogen) atoms. The van der Waals surface area contributed by atoms with Gasteiger partial charge in [0.1, 0.15) is 6.61 Å². The molecule has 3 heteroatoms. The maximum atomic E-state index is 5.18. The molecule has 1 aromatic heterocycles. The number of nitrogens with zero attached hydrogens (tertiary/aromatic N) is 2. The molecule has 0 aliphatic carbocycles. The van der Waals surface area contributed by atoms with E-state index in [9.17, 15) is 0 Å². The van der Waals surface area contributed by atoms with E-state index in [4.69, 9.17) is 4.74 Å². The van der Waals surface area contributed by atoms with Crippen LogP contribution >= 0.6 is 0 Å². The summed E-state index contributed by atoms with van der Waals surface area (Å²) in [4.78, 5) is 7.40. The molecule has 1 radical (unpaired) electrons. The lowest BCUT2D eigenvalue weighted by molar-refractivity contribution is 0.347. The standard InChI is InChI=1S/C8H9N2O/c1-2-3-6-11-8-4-5-9-7-10-8/h2-5H,6H2,1H3/b3-2+. The van der Waals surface area contributed by atoms with E-state index in [1.165, 1.54) is 0 Å². The summed E-state index contributed by atoms with van der Waals surface area (Å²) in [6.07, 6.45) is 7.86. The van der Waals surface area contributed by atoms with Gasteiger partial charge in [-0.3, -0.25) is 0 Å². The molecular weight excluding hydrogens is 140 g/mol. The normalized spacial score (nSPS) is 10.3. The average molecular weight is 149 g/mol. The fourth-order valence-corrected chi connectivity index (χ4v) is 0.560. The van der Waals surface area contributed by atoms with Crippen LogP contribution in [0.3, 0.4) is 0 Å². The summed E-state index contributed by atoms with van der Waals surface area (Å²) in [6.45, 7) is 2.48. The predicted molar refractivity (Wildman–Crippen MR) is 41.2 cm³/mol. The molecule has 1 aromatic rings. The quantitative estimate of drug-likeness (QED) is 0.606. The van der Waals surface area contributed by atoms with Crippen molar-refractivity contribution in [3.8, 4) is 5.88 Å². The fourth-order valence-electron chi connectivity index (χ4n) is 0.560. The van der Waals surface area contributed by atoms with Crippen molar-refractivity contribution >= 4 is 0 Å². The van der Waals surface area contributed by atoms with Crippen LogP contribution < -0.4 is 4.74 Å². The molecule has 1 rings (SSSR count). The molecule has 0 aliphatic heterocycles. The third kappa shape index (κ3) is 2.80. The highest BCUT2D eigenvalue weighted by Gasteiger charge is 1.88. The minimum Gasteiger partial charge on any atom is -0.473 e. The number of hydrogen-bond donors (Lipinski definition) is 0. The van der Waals surface area contributed by atoms with Crippen molar-refractivity contribution in [2.75, 3.05) is 6.61 Å². The van der Waals surface area contributed by atoms with Crippen molar-refractivity contribution in [3.05, 3.63) is 30.7 Å². The molecule has 0 unspecified atom stereocenters. The first kappa shape index (κ1) is 7.72. The Balaban J connectivity index is 2.39. The fraction of sp³-hybridized carbons (Fsp3) is 0.250. The number of allylic oxidation sites excluding steroid dienone is 1. The smallest absolute Gasteiger partial charge is 0.217 e. The lowest BCUT2D eigenvalue weighted by Gasteiger charge is -1.98. The van der Waals surface area contributed by atoms with Gasteiger partial charge in [-0.05, 0) is 6.92 Å². The highest BCUT2D eigenvalue weighted by molar-refractivity contribution is 5.04. The van der Waals surface area contributed by atoms with E-state index in [1.807, 2.05) is 19.1 Å². The zero-order chi connectivity index (χ0) is 7.94. The number of ether oxygens (including phenoxy) is 1. The van der Waals surface area contributed by atoms with E-state index < -0.39 is 0 Å². The van der Waals surface area contributed by atoms with Gasteiger partial charge in [0.05, 0.1) is 0 Å². The first-order valence-corrected chi connectivity index (χ1v) is 3.36. The monoisotopic (exact) mass is 149 g/mol. The molecule has 0 spiro atoms. The van der Waals surface area contributed by atoms with Crippen LogP contribution in [-0.2, 0) is 0 Å². The molecule has 3 nitrogen and oxygen atoms in total. The van der Waals surface area contributed by atoms with Crippen LogP contribution in [0.5, 0.6) is 5.88 Å². The van der Waals surface area contributed by atoms with E-state index in [1.54, 1.807) is 12.3 Å². The van der Waals surface area contributed by atoms with Gasteiger partial charge in [-0.1, -0.05) is 12.2 Å². The van der Waals surface area contributed by atoms with Crippen molar-refractivity contribution in [3.63, 3.8) is 0 Å². The second-order valence-corrected chi connectivity index (χ2v) is 1.87. The number of hydrogen-bond acceptors (Lipinski definition) is 3. The Kier molecular flexibility index (Phi) is 3.12. The average Bonchev–Trinajstić information content (AvgIpc) is 2.07. The zero-order valence-corrected chi connectivity index (χ0v) is 6.32. The minimum atomic E-state index is 0.543. The lowest BCUT2D eigenvalue weighted by atomic mass is 10.5. The van der Waals surface area contributed by atoms with Gasteiger partial charge in [0.15, 0.2) is 0 Å². The van der Waals surface area contributed by atoms with Crippen LogP contribution in [0.4, 0.5) is 0 Å². The van der Waals surface area contributed by atoms with Crippen LogP contribution in [0.2, 0.25) is 0 Å². The summed E-state index contributed by atoms with van der Waals surface area (Å²) in [5.74, 6) is 0.554. The predicted octanol–water partition coefficient (Wildman–Crippen LogP) is 1.23. The third-order valence-electron chi connectivity index (χ3n) is 1.07. The van der Waals surface area contributed by atoms with Gasteiger partial charge < -0.3 is 4.74 Å². The maximum Gasteiger partial charge on any atom is 0.217 e. The van der Waals surface area contributed by atoms with E-state index in [0.29, 0.717) is 12.5 Å². The lowest BCUT2D eigenvalue weighted by Crippen LogP contribution is -1.95. The SMILES string of the molecule is C/C=C/COc1ccn[c]n1. The van der Waals surface area contributed by atoms with Gasteiger partial charge in [-0.15, -0.1) is 0 Å². The molecule has 57 valence electrons. The van der Waals surface area contributed by atoms with Crippen LogP contribution in [0.1, 0.15) is 6.92 Å². The molecule has 0 N–H and O–H groups in total. The highest BCUT2D eigenvalue weighted by atomic mass is 16.5. The molecule has 0 bridgehead atoms. The van der Waals surface area contributed by atoms with Crippen molar-refractivity contribution in [1.82, 2.24) is 9.97 Å². The molecule has 0 saturated heterocycles. The van der Waals surface area contributed by atoms with E-state index >= 15 is 0 Å². The summed E-state index contributed by atoms with van der Waals surface area (Å²) < 4.78 is 5.18. The van der Waals surface area contributed by atoms with Gasteiger partial charge >= 0.3 is 0 Å². The third-order valence-corrected chi connectivity index (χ3v) is 1.07. The summed E-state index contributed by atoms with van der Waals surface area (Å²) in [5, 5.41) is 0. The number of rotatable bonds is 3. The van der Waals surface area contributed by atoms with Crippen molar-refractivity contribution in [2.45, 2.75) is 6.92 Å². The van der Waals surface area contributed by atoms with Gasteiger partial charge in [-0.2, -0.15) is 4.98 Å². The summed E-state index contributed by atoms with van der Waals surface area (Å²) >= 11 is 0. The van der Waals surface area contributed by atoms with Gasteiger partial charge in [0.25, 0.3) is 0 Å². The second kappa shape index (κ2) is 4.44. The Hall–Kier alpha value is -1.38. The zero-order valence-electron chi connectivity index (χ0n) is 6.32. The largest absolute Gasteiger partial charge is 0.473 e. The molecular formula is C8H9N2O. The Morgan fingerprint density at radius 3 is 3.27 bits per heavy atom. The molecule has 0 aliphatic rings. The topological polar surface area (TPSA) is 35.0 Å². The Bertz CT molecular complexity index is 221. The van der Waals surface area contributed by atoms with Crippen molar-refractivity contribution in [1.29, 1.82) is 0 Å².